The molecule has 3 atom stereocenters. The normalized spacial score (nSPS) is 35.2. The molecular weight excluding hydrogens is 210 g/mol. The van der Waals surface area contributed by atoms with E-state index < -0.39 is 0 Å². The first-order chi connectivity index (χ1) is 8.15. The average molecular weight is 229 g/mol. The van der Waals surface area contributed by atoms with Gasteiger partial charge in [-0.3, -0.25) is 0 Å². The Labute approximate surface area is 102 Å². The fourth-order valence-electron chi connectivity index (χ4n) is 4.00. The topological polar surface area (TPSA) is 29.4 Å². The molecule has 0 aliphatic heterocycles. The summed E-state index contributed by atoms with van der Waals surface area (Å²) in [6, 6.07) is 6.01. The Morgan fingerprint density at radius 2 is 2.24 bits per heavy atom. The zero-order chi connectivity index (χ0) is 12.0. The molecule has 2 nitrogen and oxygen atoms in total. The van der Waals surface area contributed by atoms with E-state index >= 15 is 0 Å². The summed E-state index contributed by atoms with van der Waals surface area (Å²) < 4.78 is 0. The van der Waals surface area contributed by atoms with Crippen LogP contribution < -0.4 is 0 Å². The quantitative estimate of drug-likeness (QED) is 0.659. The highest BCUT2D eigenvalue weighted by Crippen LogP contribution is 2.52. The van der Waals surface area contributed by atoms with Gasteiger partial charge in [0.2, 0.25) is 0 Å². The summed E-state index contributed by atoms with van der Waals surface area (Å²) in [6.45, 7) is 4.75. The summed E-state index contributed by atoms with van der Waals surface area (Å²) in [4.78, 5) is 10.7. The molecule has 2 bridgehead atoms. The van der Waals surface area contributed by atoms with E-state index in [0.29, 0.717) is 5.69 Å². The third-order valence-electron chi connectivity index (χ3n) is 5.28. The molecule has 1 aromatic rings. The van der Waals surface area contributed by atoms with Crippen molar-refractivity contribution in [3.63, 3.8) is 0 Å². The van der Waals surface area contributed by atoms with Gasteiger partial charge >= 0.3 is 0 Å². The standard InChI is InChI=1S/C15H19NO/c1-10-11-4-3-7-15(10,2)14-9-13(16-17)6-5-12(14)8-11/h5-6,9-11H,3-4,7-8H2,1-2H3/t10-,11+,15-/m0/s1. The molecular formula is C15H19NO. The monoisotopic (exact) mass is 229 g/mol. The van der Waals surface area contributed by atoms with Gasteiger partial charge < -0.3 is 0 Å². The minimum Gasteiger partial charge on any atom is -0.145 e. The van der Waals surface area contributed by atoms with Gasteiger partial charge in [-0.05, 0) is 64.9 Å². The molecule has 1 saturated carbocycles. The average Bonchev–Trinajstić information content (AvgIpc) is 2.33. The lowest BCUT2D eigenvalue weighted by atomic mass is 9.55. The lowest BCUT2D eigenvalue weighted by Crippen LogP contribution is -2.44. The Hall–Kier alpha value is -1.18. The first-order valence-electron chi connectivity index (χ1n) is 6.62. The molecule has 2 aliphatic carbocycles. The van der Waals surface area contributed by atoms with E-state index in [-0.39, 0.29) is 5.41 Å². The van der Waals surface area contributed by atoms with Crippen LogP contribution in [0.4, 0.5) is 5.69 Å². The van der Waals surface area contributed by atoms with Crippen molar-refractivity contribution in [3.8, 4) is 0 Å². The van der Waals surface area contributed by atoms with Crippen LogP contribution in [0.15, 0.2) is 23.4 Å². The molecule has 2 aliphatic rings. The van der Waals surface area contributed by atoms with Crippen molar-refractivity contribution in [2.24, 2.45) is 17.0 Å². The summed E-state index contributed by atoms with van der Waals surface area (Å²) in [7, 11) is 0. The van der Waals surface area contributed by atoms with Crippen LogP contribution in [0.3, 0.4) is 0 Å². The Balaban J connectivity index is 2.17. The highest BCUT2D eigenvalue weighted by atomic mass is 16.3. The highest BCUT2D eigenvalue weighted by Gasteiger charge is 2.45. The van der Waals surface area contributed by atoms with Gasteiger partial charge in [0.15, 0.2) is 0 Å². The van der Waals surface area contributed by atoms with Crippen LogP contribution in [-0.2, 0) is 11.8 Å². The molecule has 2 heteroatoms. The summed E-state index contributed by atoms with van der Waals surface area (Å²) >= 11 is 0. The van der Waals surface area contributed by atoms with Crippen molar-refractivity contribution in [2.75, 3.05) is 0 Å². The van der Waals surface area contributed by atoms with Crippen molar-refractivity contribution in [1.82, 2.24) is 0 Å². The molecule has 3 rings (SSSR count). The van der Waals surface area contributed by atoms with Gasteiger partial charge in [0, 0.05) is 0 Å². The SMILES string of the molecule is C[C@H]1[C@@H]2CCC[C@]1(C)c1cc(N=O)ccc1C2. The number of hydrogen-bond donors (Lipinski definition) is 0. The molecule has 0 spiro atoms. The van der Waals surface area contributed by atoms with E-state index in [0.717, 1.165) is 11.8 Å². The lowest BCUT2D eigenvalue weighted by molar-refractivity contribution is 0.124. The third-order valence-corrected chi connectivity index (χ3v) is 5.28. The van der Waals surface area contributed by atoms with E-state index in [1.54, 1.807) is 0 Å². The predicted molar refractivity (Wildman–Crippen MR) is 69.5 cm³/mol. The number of rotatable bonds is 1. The smallest absolute Gasteiger partial charge is 0.108 e. The fraction of sp³-hybridized carbons (Fsp3) is 0.600. The van der Waals surface area contributed by atoms with Crippen LogP contribution in [0, 0.1) is 16.7 Å². The van der Waals surface area contributed by atoms with Crippen LogP contribution in [-0.4, -0.2) is 0 Å². The number of hydrogen-bond acceptors (Lipinski definition) is 2. The van der Waals surface area contributed by atoms with Gasteiger partial charge in [0.05, 0.1) is 0 Å². The molecule has 0 aromatic heterocycles. The van der Waals surface area contributed by atoms with Gasteiger partial charge in [-0.2, -0.15) is 0 Å². The first kappa shape index (κ1) is 10.9. The van der Waals surface area contributed by atoms with E-state index in [1.807, 2.05) is 12.1 Å². The molecule has 0 N–H and O–H groups in total. The van der Waals surface area contributed by atoms with Gasteiger partial charge in [-0.25, -0.2) is 0 Å². The second-order valence-electron chi connectivity index (χ2n) is 6.00. The van der Waals surface area contributed by atoms with E-state index in [2.05, 4.69) is 25.1 Å². The van der Waals surface area contributed by atoms with Crippen molar-refractivity contribution >= 4 is 5.69 Å². The van der Waals surface area contributed by atoms with Crippen LogP contribution >= 0.6 is 0 Å². The van der Waals surface area contributed by atoms with Crippen molar-refractivity contribution in [3.05, 3.63) is 34.2 Å². The van der Waals surface area contributed by atoms with E-state index in [4.69, 9.17) is 0 Å². The summed E-state index contributed by atoms with van der Waals surface area (Å²) in [5.74, 6) is 1.56. The van der Waals surface area contributed by atoms with E-state index in [1.165, 1.54) is 36.8 Å². The summed E-state index contributed by atoms with van der Waals surface area (Å²) in [6.07, 6.45) is 5.12. The Kier molecular flexibility index (Phi) is 2.35. The minimum absolute atomic E-state index is 0.261. The maximum Gasteiger partial charge on any atom is 0.108 e. The first-order valence-corrected chi connectivity index (χ1v) is 6.62. The van der Waals surface area contributed by atoms with Crippen molar-refractivity contribution < 1.29 is 0 Å². The molecule has 90 valence electrons. The zero-order valence-corrected chi connectivity index (χ0v) is 10.6. The second kappa shape index (κ2) is 3.66. The predicted octanol–water partition coefficient (Wildman–Crippen LogP) is 4.33. The number of benzene rings is 1. The third kappa shape index (κ3) is 1.46. The Morgan fingerprint density at radius 3 is 3.00 bits per heavy atom. The molecule has 17 heavy (non-hydrogen) atoms. The minimum atomic E-state index is 0.261. The molecule has 1 fully saturated rings. The van der Waals surface area contributed by atoms with Crippen LogP contribution in [0.25, 0.3) is 0 Å². The lowest BCUT2D eigenvalue weighted by Gasteiger charge is -2.50. The van der Waals surface area contributed by atoms with Crippen molar-refractivity contribution in [1.29, 1.82) is 0 Å². The molecule has 0 radical (unpaired) electrons. The van der Waals surface area contributed by atoms with Gasteiger partial charge in [-0.1, -0.05) is 26.3 Å². The van der Waals surface area contributed by atoms with Gasteiger partial charge in [0.25, 0.3) is 0 Å². The summed E-state index contributed by atoms with van der Waals surface area (Å²) in [5.41, 5.74) is 3.68. The van der Waals surface area contributed by atoms with Gasteiger partial charge in [-0.15, -0.1) is 4.91 Å². The molecule has 0 unspecified atom stereocenters. The number of fused-ring (bicyclic) bond motifs is 4. The molecule has 0 saturated heterocycles. The highest BCUT2D eigenvalue weighted by molar-refractivity contribution is 5.49. The van der Waals surface area contributed by atoms with Crippen LogP contribution in [0.2, 0.25) is 0 Å². The fourth-order valence-corrected chi connectivity index (χ4v) is 4.00. The number of nitroso groups, excluding NO2 is 1. The van der Waals surface area contributed by atoms with Crippen molar-refractivity contribution in [2.45, 2.75) is 44.9 Å². The Morgan fingerprint density at radius 1 is 1.41 bits per heavy atom. The maximum atomic E-state index is 10.7. The van der Waals surface area contributed by atoms with Crippen LogP contribution in [0.5, 0.6) is 0 Å². The molecule has 0 heterocycles. The summed E-state index contributed by atoms with van der Waals surface area (Å²) in [5, 5.41) is 3.09. The van der Waals surface area contributed by atoms with Crippen LogP contribution in [0.1, 0.15) is 44.2 Å². The van der Waals surface area contributed by atoms with E-state index in [9.17, 15) is 4.91 Å². The number of nitrogens with zero attached hydrogens (tertiary/aromatic N) is 1. The largest absolute Gasteiger partial charge is 0.145 e. The van der Waals surface area contributed by atoms with Gasteiger partial charge in [0.1, 0.15) is 5.69 Å². The molecule has 1 aromatic carbocycles. The maximum absolute atomic E-state index is 10.7. The zero-order valence-electron chi connectivity index (χ0n) is 10.6. The molecule has 0 amide bonds. The second-order valence-corrected chi connectivity index (χ2v) is 6.00. The Bertz CT molecular complexity index is 468.